The van der Waals surface area contributed by atoms with E-state index in [-0.39, 0.29) is 5.84 Å². The molecular weight excluding hydrogens is 164 g/mol. The molecule has 1 aromatic carbocycles. The number of nitrogens with one attached hydrogen (secondary N) is 1. The molecule has 0 bridgehead atoms. The molecule has 1 aromatic rings. The Morgan fingerprint density at radius 3 is 2.62 bits per heavy atom. The van der Waals surface area contributed by atoms with Gasteiger partial charge in [0.1, 0.15) is 11.4 Å². The van der Waals surface area contributed by atoms with Gasteiger partial charge in [-0.15, -0.1) is 0 Å². The zero-order chi connectivity index (χ0) is 9.64. The Morgan fingerprint density at radius 1 is 1.38 bits per heavy atom. The number of para-hydroxylation sites is 1. The fourth-order valence-electron chi connectivity index (χ4n) is 1.75. The summed E-state index contributed by atoms with van der Waals surface area (Å²) in [4.78, 5) is 1.70. The highest BCUT2D eigenvalue weighted by Crippen LogP contribution is 2.38. The van der Waals surface area contributed by atoms with Crippen LogP contribution in [0.3, 0.4) is 0 Å². The van der Waals surface area contributed by atoms with Gasteiger partial charge in [-0.25, -0.2) is 0 Å². The highest BCUT2D eigenvalue weighted by molar-refractivity contribution is 6.07. The first-order valence-corrected chi connectivity index (χ1v) is 4.20. The minimum Gasteiger partial charge on any atom is -0.377 e. The molecular formula is C10H12N2O. The van der Waals surface area contributed by atoms with Crippen LogP contribution in [0.5, 0.6) is 0 Å². The average Bonchev–Trinajstić information content (AvgIpc) is 2.30. The van der Waals surface area contributed by atoms with Gasteiger partial charge in [-0.05, 0) is 13.0 Å². The van der Waals surface area contributed by atoms with E-state index in [9.17, 15) is 5.11 Å². The third-order valence-electron chi connectivity index (χ3n) is 2.59. The van der Waals surface area contributed by atoms with Crippen LogP contribution in [0.4, 0.5) is 5.69 Å². The van der Waals surface area contributed by atoms with Crippen molar-refractivity contribution in [3.63, 3.8) is 0 Å². The first kappa shape index (κ1) is 8.26. The fraction of sp³-hybridized carbons (Fsp3) is 0.300. The van der Waals surface area contributed by atoms with Crippen molar-refractivity contribution in [3.8, 4) is 0 Å². The Morgan fingerprint density at radius 2 is 2.00 bits per heavy atom. The number of aliphatic hydroxyl groups is 1. The van der Waals surface area contributed by atoms with Gasteiger partial charge in [-0.3, -0.25) is 5.41 Å². The van der Waals surface area contributed by atoms with E-state index in [2.05, 4.69) is 0 Å². The molecule has 0 saturated carbocycles. The highest BCUT2D eigenvalue weighted by atomic mass is 16.3. The van der Waals surface area contributed by atoms with E-state index in [1.54, 1.807) is 18.9 Å². The molecule has 0 amide bonds. The molecule has 0 unspecified atom stereocenters. The number of amidine groups is 1. The monoisotopic (exact) mass is 176 g/mol. The number of benzene rings is 1. The zero-order valence-electron chi connectivity index (χ0n) is 7.70. The van der Waals surface area contributed by atoms with Crippen molar-refractivity contribution in [2.45, 2.75) is 12.5 Å². The predicted octanol–water partition coefficient (Wildman–Crippen LogP) is 1.32. The number of rotatable bonds is 0. The summed E-state index contributed by atoms with van der Waals surface area (Å²) in [5, 5.41) is 17.7. The van der Waals surface area contributed by atoms with E-state index in [4.69, 9.17) is 5.41 Å². The fourth-order valence-corrected chi connectivity index (χ4v) is 1.75. The van der Waals surface area contributed by atoms with Crippen LogP contribution < -0.4 is 4.90 Å². The summed E-state index contributed by atoms with van der Waals surface area (Å²) in [6, 6.07) is 7.54. The van der Waals surface area contributed by atoms with Gasteiger partial charge in [-0.2, -0.15) is 0 Å². The van der Waals surface area contributed by atoms with Gasteiger partial charge in [0, 0.05) is 18.3 Å². The maximum Gasteiger partial charge on any atom is 0.146 e. The molecule has 3 nitrogen and oxygen atoms in total. The zero-order valence-corrected chi connectivity index (χ0v) is 7.70. The lowest BCUT2D eigenvalue weighted by Crippen LogP contribution is -2.34. The van der Waals surface area contributed by atoms with E-state index in [1.165, 1.54) is 0 Å². The van der Waals surface area contributed by atoms with Crippen molar-refractivity contribution >= 4 is 11.5 Å². The lowest BCUT2D eigenvalue weighted by molar-refractivity contribution is 0.136. The van der Waals surface area contributed by atoms with Gasteiger partial charge in [0.15, 0.2) is 0 Å². The topological polar surface area (TPSA) is 47.3 Å². The maximum atomic E-state index is 10.0. The minimum absolute atomic E-state index is 0.230. The number of fused-ring (bicyclic) bond motifs is 1. The van der Waals surface area contributed by atoms with E-state index >= 15 is 0 Å². The van der Waals surface area contributed by atoms with Gasteiger partial charge < -0.3 is 10.0 Å². The van der Waals surface area contributed by atoms with Crippen LogP contribution in [0, 0.1) is 5.41 Å². The van der Waals surface area contributed by atoms with Crippen LogP contribution in [0.25, 0.3) is 0 Å². The quantitative estimate of drug-likeness (QED) is 0.626. The molecule has 0 saturated heterocycles. The van der Waals surface area contributed by atoms with Crippen LogP contribution in [0.2, 0.25) is 0 Å². The Balaban J connectivity index is 2.68. The summed E-state index contributed by atoms with van der Waals surface area (Å²) >= 11 is 0. The van der Waals surface area contributed by atoms with Crippen LogP contribution >= 0.6 is 0 Å². The minimum atomic E-state index is -1.13. The van der Waals surface area contributed by atoms with Gasteiger partial charge in [-0.1, -0.05) is 18.2 Å². The molecule has 0 radical (unpaired) electrons. The molecule has 3 heteroatoms. The molecule has 13 heavy (non-hydrogen) atoms. The van der Waals surface area contributed by atoms with E-state index < -0.39 is 5.60 Å². The molecule has 0 spiro atoms. The normalized spacial score (nSPS) is 26.4. The smallest absolute Gasteiger partial charge is 0.146 e. The largest absolute Gasteiger partial charge is 0.377 e. The molecule has 0 aliphatic carbocycles. The molecule has 1 aliphatic heterocycles. The summed E-state index contributed by atoms with van der Waals surface area (Å²) < 4.78 is 0. The summed E-state index contributed by atoms with van der Waals surface area (Å²) in [6.07, 6.45) is 0. The lowest BCUT2D eigenvalue weighted by atomic mass is 9.98. The van der Waals surface area contributed by atoms with Crippen molar-refractivity contribution in [1.29, 1.82) is 5.41 Å². The van der Waals surface area contributed by atoms with Crippen molar-refractivity contribution < 1.29 is 5.11 Å². The molecule has 68 valence electrons. The third-order valence-corrected chi connectivity index (χ3v) is 2.59. The Kier molecular flexibility index (Phi) is 1.48. The summed E-state index contributed by atoms with van der Waals surface area (Å²) in [7, 11) is 1.79. The molecule has 1 aliphatic rings. The number of nitrogens with zero attached hydrogens (tertiary/aromatic N) is 1. The number of hydrogen-bond donors (Lipinski definition) is 2. The van der Waals surface area contributed by atoms with Gasteiger partial charge in [0.2, 0.25) is 0 Å². The van der Waals surface area contributed by atoms with E-state index in [0.29, 0.717) is 0 Å². The van der Waals surface area contributed by atoms with Crippen molar-refractivity contribution in [1.82, 2.24) is 0 Å². The third kappa shape index (κ3) is 0.906. The van der Waals surface area contributed by atoms with Gasteiger partial charge in [0.05, 0.1) is 0 Å². The van der Waals surface area contributed by atoms with Crippen LogP contribution in [0.1, 0.15) is 12.5 Å². The SMILES string of the molecule is CN1C(=N)[C@](C)(O)c2ccccc21. The van der Waals surface area contributed by atoms with Crippen LogP contribution in [0.15, 0.2) is 24.3 Å². The lowest BCUT2D eigenvalue weighted by Gasteiger charge is -2.18. The van der Waals surface area contributed by atoms with Crippen molar-refractivity contribution in [2.75, 3.05) is 11.9 Å². The second-order valence-corrected chi connectivity index (χ2v) is 3.50. The number of hydrogen-bond acceptors (Lipinski definition) is 2. The number of likely N-dealkylation sites (N-methyl/N-ethyl adjacent to an activating group) is 1. The second kappa shape index (κ2) is 2.33. The molecule has 2 N–H and O–H groups in total. The Labute approximate surface area is 77.1 Å². The van der Waals surface area contributed by atoms with Crippen molar-refractivity contribution in [3.05, 3.63) is 29.8 Å². The molecule has 1 atom stereocenters. The highest BCUT2D eigenvalue weighted by Gasteiger charge is 2.40. The second-order valence-electron chi connectivity index (χ2n) is 3.50. The standard InChI is InChI=1S/C10H12N2O/c1-10(13)7-5-3-4-6-8(7)12(2)9(10)11/h3-6,11,13H,1-2H3/t10-/m1/s1. The maximum absolute atomic E-state index is 10.0. The van der Waals surface area contributed by atoms with Crippen LogP contribution in [-0.4, -0.2) is 18.0 Å². The number of anilines is 1. The first-order chi connectivity index (χ1) is 6.05. The molecule has 0 fully saturated rings. The summed E-state index contributed by atoms with van der Waals surface area (Å²) in [5.41, 5.74) is 0.589. The molecule has 2 rings (SSSR count). The van der Waals surface area contributed by atoms with Crippen LogP contribution in [-0.2, 0) is 5.60 Å². The Hall–Kier alpha value is -1.35. The first-order valence-electron chi connectivity index (χ1n) is 4.20. The van der Waals surface area contributed by atoms with Gasteiger partial charge in [0.25, 0.3) is 0 Å². The average molecular weight is 176 g/mol. The molecule has 0 aromatic heterocycles. The van der Waals surface area contributed by atoms with Gasteiger partial charge >= 0.3 is 0 Å². The summed E-state index contributed by atoms with van der Waals surface area (Å²) in [6.45, 7) is 1.65. The van der Waals surface area contributed by atoms with Crippen molar-refractivity contribution in [2.24, 2.45) is 0 Å². The Bertz CT molecular complexity index is 371. The molecule has 1 heterocycles. The predicted molar refractivity (Wildman–Crippen MR) is 52.1 cm³/mol. The van der Waals surface area contributed by atoms with E-state index in [1.807, 2.05) is 24.3 Å². The van der Waals surface area contributed by atoms with E-state index in [0.717, 1.165) is 11.3 Å². The summed E-state index contributed by atoms with van der Waals surface area (Å²) in [5.74, 6) is 0.230.